The predicted molar refractivity (Wildman–Crippen MR) is 194 cm³/mol. The van der Waals surface area contributed by atoms with Gasteiger partial charge in [-0.15, -0.1) is 0 Å². The van der Waals surface area contributed by atoms with E-state index in [1.165, 1.54) is 101 Å². The number of unbranched alkanes of at least 4 members (excludes halogenated alkanes) is 12. The van der Waals surface area contributed by atoms with Crippen LogP contribution in [0.5, 0.6) is 11.5 Å². The van der Waals surface area contributed by atoms with Crippen LogP contribution in [-0.4, -0.2) is 6.16 Å². The number of hydrogen-bond donors (Lipinski definition) is 0. The van der Waals surface area contributed by atoms with E-state index < -0.39 is 6.16 Å². The van der Waals surface area contributed by atoms with Gasteiger partial charge in [-0.05, 0) is 60.1 Å². The fourth-order valence-corrected chi connectivity index (χ4v) is 6.06. The highest BCUT2D eigenvalue weighted by Gasteiger charge is 2.15. The van der Waals surface area contributed by atoms with Crippen LogP contribution in [0.25, 0.3) is 22.3 Å². The van der Waals surface area contributed by atoms with Crippen LogP contribution < -0.4 is 9.47 Å². The second kappa shape index (κ2) is 20.3. The lowest BCUT2D eigenvalue weighted by atomic mass is 10.00. The number of para-hydroxylation sites is 2. The van der Waals surface area contributed by atoms with Crippen molar-refractivity contribution in [3.63, 3.8) is 0 Å². The molecule has 0 aliphatic rings. The number of ether oxygens (including phenoxy) is 2. The number of rotatable bonds is 20. The Morgan fingerprint density at radius 3 is 1.17 bits per heavy atom. The fourth-order valence-electron chi connectivity index (χ4n) is 6.06. The third-order valence-corrected chi connectivity index (χ3v) is 8.83. The first-order chi connectivity index (χ1) is 22.7. The van der Waals surface area contributed by atoms with Gasteiger partial charge in [-0.2, -0.15) is 0 Å². The van der Waals surface area contributed by atoms with Crippen LogP contribution >= 0.6 is 0 Å². The number of carbonyl (C=O) groups excluding carboxylic acids is 1. The zero-order chi connectivity index (χ0) is 32.2. The van der Waals surface area contributed by atoms with E-state index in [4.69, 9.17) is 9.47 Å². The summed E-state index contributed by atoms with van der Waals surface area (Å²) in [6.07, 6.45) is 19.9. The number of aryl methyl sites for hydroxylation is 2. The number of carbonyl (C=O) groups is 1. The van der Waals surface area contributed by atoms with Crippen molar-refractivity contribution in [2.24, 2.45) is 0 Å². The fraction of sp³-hybridized carbons (Fsp3) is 0.419. The summed E-state index contributed by atoms with van der Waals surface area (Å²) in [5.74, 6) is 0.971. The van der Waals surface area contributed by atoms with Crippen molar-refractivity contribution < 1.29 is 14.3 Å². The number of hydrogen-bond acceptors (Lipinski definition) is 3. The van der Waals surface area contributed by atoms with Gasteiger partial charge < -0.3 is 9.47 Å². The minimum Gasteiger partial charge on any atom is -0.394 e. The van der Waals surface area contributed by atoms with E-state index in [1.807, 2.05) is 48.5 Å². The first-order valence-electron chi connectivity index (χ1n) is 17.9. The van der Waals surface area contributed by atoms with E-state index in [2.05, 4.69) is 62.4 Å². The summed E-state index contributed by atoms with van der Waals surface area (Å²) >= 11 is 0. The van der Waals surface area contributed by atoms with Crippen LogP contribution in [0, 0.1) is 0 Å². The molecule has 0 aliphatic heterocycles. The molecule has 0 spiro atoms. The van der Waals surface area contributed by atoms with Gasteiger partial charge in [0.05, 0.1) is 0 Å². The molecule has 0 aromatic heterocycles. The Hall–Kier alpha value is -3.85. The topological polar surface area (TPSA) is 35.5 Å². The molecule has 0 amide bonds. The highest BCUT2D eigenvalue weighted by Crippen LogP contribution is 2.33. The summed E-state index contributed by atoms with van der Waals surface area (Å²) in [5.41, 5.74) is 6.46. The van der Waals surface area contributed by atoms with Crippen molar-refractivity contribution in [3.05, 3.63) is 108 Å². The minimum absolute atomic E-state index is 0.486. The maximum atomic E-state index is 13.1. The van der Waals surface area contributed by atoms with E-state index in [0.29, 0.717) is 11.5 Å². The van der Waals surface area contributed by atoms with Crippen LogP contribution in [0.2, 0.25) is 0 Å². The van der Waals surface area contributed by atoms with Gasteiger partial charge in [0.25, 0.3) is 0 Å². The molecule has 0 fully saturated rings. The van der Waals surface area contributed by atoms with E-state index in [9.17, 15) is 4.79 Å². The summed E-state index contributed by atoms with van der Waals surface area (Å²) in [5, 5.41) is 0. The molecule has 4 aromatic carbocycles. The molecular weight excluding hydrogens is 564 g/mol. The summed E-state index contributed by atoms with van der Waals surface area (Å²) in [6, 6.07) is 32.5. The van der Waals surface area contributed by atoms with E-state index in [-0.39, 0.29) is 0 Å². The van der Waals surface area contributed by atoms with Crippen LogP contribution in [0.3, 0.4) is 0 Å². The lowest BCUT2D eigenvalue weighted by molar-refractivity contribution is 0.152. The van der Waals surface area contributed by atoms with Crippen LogP contribution in [0.1, 0.15) is 115 Å². The Morgan fingerprint density at radius 2 is 0.783 bits per heavy atom. The molecule has 244 valence electrons. The minimum atomic E-state index is -0.744. The maximum Gasteiger partial charge on any atom is 0.519 e. The monoisotopic (exact) mass is 618 g/mol. The molecule has 0 atom stereocenters. The van der Waals surface area contributed by atoms with E-state index in [1.54, 1.807) is 0 Å². The quantitative estimate of drug-likeness (QED) is 0.0561. The molecule has 3 nitrogen and oxygen atoms in total. The number of benzene rings is 4. The molecular formula is C43H54O3. The lowest BCUT2D eigenvalue weighted by Gasteiger charge is -2.13. The Bertz CT molecular complexity index is 1310. The smallest absolute Gasteiger partial charge is 0.394 e. The van der Waals surface area contributed by atoms with E-state index >= 15 is 0 Å². The van der Waals surface area contributed by atoms with Crippen molar-refractivity contribution in [1.82, 2.24) is 0 Å². The molecule has 0 saturated heterocycles. The zero-order valence-corrected chi connectivity index (χ0v) is 28.3. The van der Waals surface area contributed by atoms with Crippen molar-refractivity contribution in [1.29, 1.82) is 0 Å². The van der Waals surface area contributed by atoms with Crippen molar-refractivity contribution in [3.8, 4) is 33.8 Å². The van der Waals surface area contributed by atoms with Crippen LogP contribution in [-0.2, 0) is 12.8 Å². The lowest BCUT2D eigenvalue weighted by Crippen LogP contribution is -2.14. The van der Waals surface area contributed by atoms with Gasteiger partial charge in [0.1, 0.15) is 11.5 Å². The van der Waals surface area contributed by atoms with Gasteiger partial charge >= 0.3 is 6.16 Å². The zero-order valence-electron chi connectivity index (χ0n) is 28.3. The Labute approximate surface area is 278 Å². The largest absolute Gasteiger partial charge is 0.519 e. The second-order valence-electron chi connectivity index (χ2n) is 12.6. The molecule has 0 unspecified atom stereocenters. The highest BCUT2D eigenvalue weighted by atomic mass is 16.7. The standard InChI is InChI=1S/C43H54O3/c1-3-5-7-9-11-13-15-21-35-27-31-37(32-28-35)39-23-17-19-25-41(39)45-43(44)46-42-26-20-18-24-40(42)38-33-29-36(30-34-38)22-16-14-12-10-8-6-4-2/h17-20,23-34H,3-16,21-22H2,1-2H3. The third kappa shape index (κ3) is 11.8. The summed E-state index contributed by atoms with van der Waals surface area (Å²) in [4.78, 5) is 13.1. The van der Waals surface area contributed by atoms with Crippen LogP contribution in [0.4, 0.5) is 4.79 Å². The SMILES string of the molecule is CCCCCCCCCc1ccc(-c2ccccc2OC(=O)Oc2ccccc2-c2ccc(CCCCCCCCC)cc2)cc1. The normalized spacial score (nSPS) is 11.0. The average Bonchev–Trinajstić information content (AvgIpc) is 3.08. The van der Waals surface area contributed by atoms with Gasteiger partial charge in [-0.3, -0.25) is 0 Å². The molecule has 0 heterocycles. The summed E-state index contributed by atoms with van der Waals surface area (Å²) in [7, 11) is 0. The summed E-state index contributed by atoms with van der Waals surface area (Å²) in [6.45, 7) is 4.52. The molecule has 4 aromatic rings. The Morgan fingerprint density at radius 1 is 0.435 bits per heavy atom. The first kappa shape index (κ1) is 35.0. The van der Waals surface area contributed by atoms with Gasteiger partial charge in [-0.25, -0.2) is 4.79 Å². The first-order valence-corrected chi connectivity index (χ1v) is 17.9. The molecule has 46 heavy (non-hydrogen) atoms. The molecule has 4 rings (SSSR count). The molecule has 0 aliphatic carbocycles. The van der Waals surface area contributed by atoms with Crippen LogP contribution in [0.15, 0.2) is 97.1 Å². The Kier molecular flexibility index (Phi) is 15.5. The third-order valence-electron chi connectivity index (χ3n) is 8.83. The molecule has 0 N–H and O–H groups in total. The predicted octanol–water partition coefficient (Wildman–Crippen LogP) is 13.2. The summed E-state index contributed by atoms with van der Waals surface area (Å²) < 4.78 is 11.6. The molecule has 0 saturated carbocycles. The van der Waals surface area contributed by atoms with E-state index in [0.717, 1.165) is 35.1 Å². The van der Waals surface area contributed by atoms with Crippen molar-refractivity contribution in [2.45, 2.75) is 117 Å². The molecule has 0 bridgehead atoms. The maximum absolute atomic E-state index is 13.1. The average molecular weight is 619 g/mol. The van der Waals surface area contributed by atoms with Gasteiger partial charge in [0, 0.05) is 11.1 Å². The van der Waals surface area contributed by atoms with Crippen molar-refractivity contribution in [2.75, 3.05) is 0 Å². The second-order valence-corrected chi connectivity index (χ2v) is 12.6. The Balaban J connectivity index is 1.31. The van der Waals surface area contributed by atoms with Gasteiger partial charge in [-0.1, -0.05) is 176 Å². The van der Waals surface area contributed by atoms with Gasteiger partial charge in [0.2, 0.25) is 0 Å². The van der Waals surface area contributed by atoms with Crippen molar-refractivity contribution >= 4 is 6.16 Å². The van der Waals surface area contributed by atoms with Gasteiger partial charge in [0.15, 0.2) is 0 Å². The highest BCUT2D eigenvalue weighted by molar-refractivity contribution is 5.78. The molecule has 0 radical (unpaired) electrons. The molecule has 3 heteroatoms.